The van der Waals surface area contributed by atoms with Crippen LogP contribution in [0.4, 0.5) is 0 Å². The second-order valence-corrected chi connectivity index (χ2v) is 5.69. The van der Waals surface area contributed by atoms with Crippen LogP contribution in [0, 0.1) is 0 Å². The first-order valence-electron chi connectivity index (χ1n) is 6.83. The van der Waals surface area contributed by atoms with Crippen LogP contribution < -0.4 is 5.56 Å². The first-order chi connectivity index (χ1) is 9.74. The van der Waals surface area contributed by atoms with Gasteiger partial charge in [0.25, 0.3) is 5.56 Å². The smallest absolute Gasteiger partial charge is 0.267 e. The molecule has 0 aliphatic heterocycles. The van der Waals surface area contributed by atoms with Gasteiger partial charge in [0.05, 0.1) is 15.8 Å². The average molecular weight is 284 g/mol. The van der Waals surface area contributed by atoms with E-state index in [0.717, 1.165) is 32.6 Å². The Morgan fingerprint density at radius 2 is 1.95 bits per heavy atom. The molecule has 1 aromatic carbocycles. The Morgan fingerprint density at radius 3 is 2.60 bits per heavy atom. The molecule has 0 spiro atoms. The molecule has 3 aromatic rings. The van der Waals surface area contributed by atoms with Crippen LogP contribution in [0.15, 0.2) is 41.2 Å². The Bertz CT molecular complexity index is 802. The van der Waals surface area contributed by atoms with Crippen LogP contribution in [0.1, 0.15) is 19.5 Å². The first-order valence-corrected chi connectivity index (χ1v) is 7.65. The summed E-state index contributed by atoms with van der Waals surface area (Å²) in [6.07, 6.45) is 0.839. The number of aromatic nitrogens is 2. The van der Waals surface area contributed by atoms with Crippen molar-refractivity contribution in [3.05, 3.63) is 52.4 Å². The Hall–Kier alpha value is -1.94. The largest absolute Gasteiger partial charge is 0.275 e. The molecule has 102 valence electrons. The lowest BCUT2D eigenvalue weighted by Gasteiger charge is -2.04. The van der Waals surface area contributed by atoms with Crippen LogP contribution in [0.2, 0.25) is 0 Å². The third-order valence-electron chi connectivity index (χ3n) is 3.39. The highest BCUT2D eigenvalue weighted by molar-refractivity contribution is 7.22. The normalized spacial score (nSPS) is 11.1. The lowest BCUT2D eigenvalue weighted by Crippen LogP contribution is -2.22. The summed E-state index contributed by atoms with van der Waals surface area (Å²) < 4.78 is 2.59. The highest BCUT2D eigenvalue weighted by atomic mass is 32.1. The molecule has 20 heavy (non-hydrogen) atoms. The van der Waals surface area contributed by atoms with Crippen molar-refractivity contribution in [1.82, 2.24) is 9.78 Å². The first kappa shape index (κ1) is 13.1. The Kier molecular flexibility index (Phi) is 3.40. The highest BCUT2D eigenvalue weighted by Crippen LogP contribution is 2.33. The molecule has 0 atom stereocenters. The lowest BCUT2D eigenvalue weighted by molar-refractivity contribution is 0.609. The Labute approximate surface area is 121 Å². The maximum Gasteiger partial charge on any atom is 0.275 e. The van der Waals surface area contributed by atoms with Crippen LogP contribution in [-0.2, 0) is 13.0 Å². The van der Waals surface area contributed by atoms with E-state index in [1.54, 1.807) is 16.0 Å². The number of aryl methyl sites for hydroxylation is 2. The molecule has 0 aliphatic rings. The van der Waals surface area contributed by atoms with Crippen molar-refractivity contribution in [2.24, 2.45) is 0 Å². The SMILES string of the molecule is CCc1nn(CC)c(=O)c2cc(-c3ccccc3)sc12. The van der Waals surface area contributed by atoms with E-state index in [2.05, 4.69) is 24.2 Å². The summed E-state index contributed by atoms with van der Waals surface area (Å²) in [5, 5.41) is 5.25. The van der Waals surface area contributed by atoms with Gasteiger partial charge in [0.1, 0.15) is 0 Å². The summed E-state index contributed by atoms with van der Waals surface area (Å²) in [5.41, 5.74) is 2.17. The predicted octanol–water partition coefficient (Wildman–Crippen LogP) is 3.71. The number of hydrogen-bond acceptors (Lipinski definition) is 3. The van der Waals surface area contributed by atoms with Gasteiger partial charge in [-0.15, -0.1) is 11.3 Å². The predicted molar refractivity (Wildman–Crippen MR) is 84.4 cm³/mol. The standard InChI is InChI=1S/C16H16N2OS/c1-3-13-15-12(16(19)18(4-2)17-13)10-14(20-15)11-8-6-5-7-9-11/h5-10H,3-4H2,1-2H3. The van der Waals surface area contributed by atoms with E-state index in [0.29, 0.717) is 6.54 Å². The quantitative estimate of drug-likeness (QED) is 0.735. The van der Waals surface area contributed by atoms with Crippen LogP contribution >= 0.6 is 11.3 Å². The van der Waals surface area contributed by atoms with Gasteiger partial charge >= 0.3 is 0 Å². The maximum atomic E-state index is 12.4. The van der Waals surface area contributed by atoms with E-state index in [9.17, 15) is 4.79 Å². The van der Waals surface area contributed by atoms with Crippen molar-refractivity contribution in [3.63, 3.8) is 0 Å². The van der Waals surface area contributed by atoms with Crippen molar-refractivity contribution in [1.29, 1.82) is 0 Å². The van der Waals surface area contributed by atoms with Gasteiger partial charge in [-0.25, -0.2) is 4.68 Å². The number of fused-ring (bicyclic) bond motifs is 1. The number of benzene rings is 1. The zero-order valence-electron chi connectivity index (χ0n) is 11.6. The minimum absolute atomic E-state index is 0.0122. The van der Waals surface area contributed by atoms with Crippen molar-refractivity contribution in [2.45, 2.75) is 26.8 Å². The Balaban J connectivity index is 2.30. The molecule has 4 heteroatoms. The maximum absolute atomic E-state index is 12.4. The summed E-state index contributed by atoms with van der Waals surface area (Å²) in [6.45, 7) is 4.64. The van der Waals surface area contributed by atoms with Gasteiger partial charge < -0.3 is 0 Å². The van der Waals surface area contributed by atoms with Gasteiger partial charge in [-0.1, -0.05) is 37.3 Å². The number of thiophene rings is 1. The third-order valence-corrected chi connectivity index (χ3v) is 4.63. The van der Waals surface area contributed by atoms with E-state index >= 15 is 0 Å². The van der Waals surface area contributed by atoms with Gasteiger partial charge in [0.2, 0.25) is 0 Å². The molecule has 2 aromatic heterocycles. The molecule has 0 bridgehead atoms. The van der Waals surface area contributed by atoms with Crippen LogP contribution in [0.3, 0.4) is 0 Å². The van der Waals surface area contributed by atoms with E-state index in [1.807, 2.05) is 31.2 Å². The molecule has 0 unspecified atom stereocenters. The molecule has 0 fully saturated rings. The lowest BCUT2D eigenvalue weighted by atomic mass is 10.1. The second-order valence-electron chi connectivity index (χ2n) is 4.64. The highest BCUT2D eigenvalue weighted by Gasteiger charge is 2.13. The van der Waals surface area contributed by atoms with E-state index in [4.69, 9.17) is 0 Å². The fourth-order valence-corrected chi connectivity index (χ4v) is 3.54. The molecule has 0 saturated carbocycles. The summed E-state index contributed by atoms with van der Waals surface area (Å²) >= 11 is 1.66. The zero-order valence-corrected chi connectivity index (χ0v) is 12.4. The van der Waals surface area contributed by atoms with Gasteiger partial charge in [0, 0.05) is 11.4 Å². The molecule has 3 rings (SSSR count). The second kappa shape index (κ2) is 5.21. The fourth-order valence-electron chi connectivity index (χ4n) is 2.33. The molecule has 0 saturated heterocycles. The van der Waals surface area contributed by atoms with Gasteiger partial charge in [0.15, 0.2) is 0 Å². The number of rotatable bonds is 3. The monoisotopic (exact) mass is 284 g/mol. The minimum Gasteiger partial charge on any atom is -0.267 e. The van der Waals surface area contributed by atoms with Crippen molar-refractivity contribution < 1.29 is 0 Å². The summed E-state index contributed by atoms with van der Waals surface area (Å²) in [6, 6.07) is 12.2. The molecule has 0 aliphatic carbocycles. The van der Waals surface area contributed by atoms with Crippen LogP contribution in [-0.4, -0.2) is 9.78 Å². The molecule has 3 nitrogen and oxygen atoms in total. The topological polar surface area (TPSA) is 34.9 Å². The Morgan fingerprint density at radius 1 is 1.20 bits per heavy atom. The average Bonchev–Trinajstić information content (AvgIpc) is 2.94. The van der Waals surface area contributed by atoms with E-state index < -0.39 is 0 Å². The summed E-state index contributed by atoms with van der Waals surface area (Å²) in [7, 11) is 0. The summed E-state index contributed by atoms with van der Waals surface area (Å²) in [4.78, 5) is 13.5. The zero-order chi connectivity index (χ0) is 14.1. The number of nitrogens with zero attached hydrogens (tertiary/aromatic N) is 2. The molecular formula is C16H16N2OS. The van der Waals surface area contributed by atoms with Crippen molar-refractivity contribution >= 4 is 21.4 Å². The van der Waals surface area contributed by atoms with Crippen LogP contribution in [0.5, 0.6) is 0 Å². The van der Waals surface area contributed by atoms with Gasteiger partial charge in [-0.3, -0.25) is 4.79 Å². The van der Waals surface area contributed by atoms with Gasteiger partial charge in [-0.05, 0) is 25.0 Å². The minimum atomic E-state index is 0.0122. The molecule has 0 amide bonds. The molecular weight excluding hydrogens is 268 g/mol. The molecule has 0 radical (unpaired) electrons. The van der Waals surface area contributed by atoms with Gasteiger partial charge in [-0.2, -0.15) is 5.10 Å². The van der Waals surface area contributed by atoms with E-state index in [1.165, 1.54) is 0 Å². The van der Waals surface area contributed by atoms with E-state index in [-0.39, 0.29) is 5.56 Å². The number of hydrogen-bond donors (Lipinski definition) is 0. The third kappa shape index (κ3) is 2.06. The fraction of sp³-hybridized carbons (Fsp3) is 0.250. The van der Waals surface area contributed by atoms with Crippen molar-refractivity contribution in [2.75, 3.05) is 0 Å². The molecule has 0 N–H and O–H groups in total. The van der Waals surface area contributed by atoms with Crippen LogP contribution in [0.25, 0.3) is 20.5 Å². The molecule has 2 heterocycles. The van der Waals surface area contributed by atoms with Crippen molar-refractivity contribution in [3.8, 4) is 10.4 Å². The summed E-state index contributed by atoms with van der Waals surface area (Å²) in [5.74, 6) is 0.